The molecule has 0 radical (unpaired) electrons. The standard InChI is InChI=1S/C26H26N4O4/c1-29-12-10-18(11-13-29)27-22-6-2-3-7-23(22)28-24(31)17-8-9-20-21(15-17)26(33)30(25(20)32)16-19-5-4-14-34-19/h2-9,14-15,18,27H,10-13,16H2,1H3,(H,28,31). The number of fused-ring (bicyclic) bond motifs is 1. The maximum atomic E-state index is 13.1. The number of hydrogen-bond donors (Lipinski definition) is 2. The van der Waals surface area contributed by atoms with Crippen molar-refractivity contribution < 1.29 is 18.8 Å². The minimum Gasteiger partial charge on any atom is -0.467 e. The first-order valence-corrected chi connectivity index (χ1v) is 11.4. The molecule has 2 aromatic carbocycles. The highest BCUT2D eigenvalue weighted by atomic mass is 16.3. The van der Waals surface area contributed by atoms with Crippen LogP contribution in [0.3, 0.4) is 0 Å². The van der Waals surface area contributed by atoms with E-state index in [0.29, 0.717) is 23.1 Å². The minimum atomic E-state index is -0.435. The molecule has 3 heterocycles. The lowest BCUT2D eigenvalue weighted by Gasteiger charge is -2.30. The van der Waals surface area contributed by atoms with E-state index in [1.54, 1.807) is 18.2 Å². The molecule has 174 valence electrons. The average Bonchev–Trinajstić information content (AvgIpc) is 3.44. The molecule has 0 aliphatic carbocycles. The lowest BCUT2D eigenvalue weighted by atomic mass is 10.0. The van der Waals surface area contributed by atoms with Crippen LogP contribution in [0.25, 0.3) is 0 Å². The summed E-state index contributed by atoms with van der Waals surface area (Å²) in [6.45, 7) is 2.12. The van der Waals surface area contributed by atoms with Gasteiger partial charge in [-0.25, -0.2) is 0 Å². The van der Waals surface area contributed by atoms with Crippen molar-refractivity contribution in [2.24, 2.45) is 0 Å². The van der Waals surface area contributed by atoms with Crippen molar-refractivity contribution in [3.63, 3.8) is 0 Å². The summed E-state index contributed by atoms with van der Waals surface area (Å²) >= 11 is 0. The fraction of sp³-hybridized carbons (Fsp3) is 0.269. The number of benzene rings is 2. The first-order chi connectivity index (χ1) is 16.5. The van der Waals surface area contributed by atoms with Crippen LogP contribution in [0.2, 0.25) is 0 Å². The number of hydrogen-bond acceptors (Lipinski definition) is 6. The molecule has 0 bridgehead atoms. The lowest BCUT2D eigenvalue weighted by Crippen LogP contribution is -2.36. The summed E-state index contributed by atoms with van der Waals surface area (Å²) in [5.41, 5.74) is 2.37. The van der Waals surface area contributed by atoms with Gasteiger partial charge in [-0.2, -0.15) is 0 Å². The second-order valence-electron chi connectivity index (χ2n) is 8.76. The number of para-hydroxylation sites is 2. The van der Waals surface area contributed by atoms with Crippen LogP contribution in [0.1, 0.15) is 49.7 Å². The van der Waals surface area contributed by atoms with Crippen LogP contribution in [0, 0.1) is 0 Å². The van der Waals surface area contributed by atoms with E-state index >= 15 is 0 Å². The van der Waals surface area contributed by atoms with Crippen LogP contribution >= 0.6 is 0 Å². The van der Waals surface area contributed by atoms with Gasteiger partial charge in [0.1, 0.15) is 5.76 Å². The molecule has 2 N–H and O–H groups in total. The molecule has 0 unspecified atom stereocenters. The zero-order valence-corrected chi connectivity index (χ0v) is 18.9. The molecular formula is C26H26N4O4. The normalized spacial score (nSPS) is 16.6. The van der Waals surface area contributed by atoms with Gasteiger partial charge in [-0.05, 0) is 75.4 Å². The number of nitrogens with zero attached hydrogens (tertiary/aromatic N) is 2. The fourth-order valence-electron chi connectivity index (χ4n) is 4.42. The van der Waals surface area contributed by atoms with Gasteiger partial charge in [0.2, 0.25) is 0 Å². The number of imide groups is 1. The molecule has 8 heteroatoms. The Hall–Kier alpha value is -3.91. The Morgan fingerprint density at radius 2 is 1.71 bits per heavy atom. The second-order valence-corrected chi connectivity index (χ2v) is 8.76. The van der Waals surface area contributed by atoms with Crippen LogP contribution in [0.4, 0.5) is 11.4 Å². The quantitative estimate of drug-likeness (QED) is 0.545. The van der Waals surface area contributed by atoms with E-state index in [9.17, 15) is 14.4 Å². The Bertz CT molecular complexity index is 1230. The molecule has 34 heavy (non-hydrogen) atoms. The highest BCUT2D eigenvalue weighted by Gasteiger charge is 2.36. The zero-order chi connectivity index (χ0) is 23.7. The molecule has 0 atom stereocenters. The molecule has 3 aromatic rings. The Kier molecular flexibility index (Phi) is 5.90. The highest BCUT2D eigenvalue weighted by molar-refractivity contribution is 6.22. The number of carbonyl (C=O) groups is 3. The van der Waals surface area contributed by atoms with Gasteiger partial charge in [0.25, 0.3) is 17.7 Å². The van der Waals surface area contributed by atoms with E-state index in [4.69, 9.17) is 4.42 Å². The van der Waals surface area contributed by atoms with E-state index in [0.717, 1.165) is 36.5 Å². The number of likely N-dealkylation sites (tertiary alicyclic amines) is 1. The number of nitrogens with one attached hydrogen (secondary N) is 2. The van der Waals surface area contributed by atoms with Gasteiger partial charge in [-0.1, -0.05) is 12.1 Å². The van der Waals surface area contributed by atoms with Gasteiger partial charge in [0, 0.05) is 11.6 Å². The van der Waals surface area contributed by atoms with Crippen molar-refractivity contribution in [3.8, 4) is 0 Å². The number of amides is 3. The Balaban J connectivity index is 1.31. The molecule has 1 aromatic heterocycles. The smallest absolute Gasteiger partial charge is 0.261 e. The largest absolute Gasteiger partial charge is 0.467 e. The van der Waals surface area contributed by atoms with Gasteiger partial charge < -0.3 is 20.0 Å². The molecule has 1 fully saturated rings. The van der Waals surface area contributed by atoms with Crippen molar-refractivity contribution in [2.45, 2.75) is 25.4 Å². The summed E-state index contributed by atoms with van der Waals surface area (Å²) < 4.78 is 5.27. The predicted molar refractivity (Wildman–Crippen MR) is 128 cm³/mol. The van der Waals surface area contributed by atoms with Crippen LogP contribution in [-0.2, 0) is 6.54 Å². The van der Waals surface area contributed by atoms with Crippen molar-refractivity contribution >= 4 is 29.1 Å². The summed E-state index contributed by atoms with van der Waals surface area (Å²) in [4.78, 5) is 42.1. The SMILES string of the molecule is CN1CCC(Nc2ccccc2NC(=O)c2ccc3c(c2)C(=O)N(Cc2ccco2)C3=O)CC1. The highest BCUT2D eigenvalue weighted by Crippen LogP contribution is 2.28. The molecule has 3 amide bonds. The summed E-state index contributed by atoms with van der Waals surface area (Å²) in [6, 6.07) is 16.0. The van der Waals surface area contributed by atoms with Gasteiger partial charge in [0.05, 0.1) is 35.3 Å². The second kappa shape index (κ2) is 9.15. The number of rotatable bonds is 6. The van der Waals surface area contributed by atoms with Gasteiger partial charge in [-0.15, -0.1) is 0 Å². The fourth-order valence-corrected chi connectivity index (χ4v) is 4.42. The molecular weight excluding hydrogens is 432 g/mol. The molecule has 5 rings (SSSR count). The van der Waals surface area contributed by atoms with Crippen LogP contribution in [0.15, 0.2) is 65.3 Å². The van der Waals surface area contributed by atoms with Crippen LogP contribution in [-0.4, -0.2) is 53.7 Å². The number of carbonyl (C=O) groups excluding carboxylic acids is 3. The Labute approximate surface area is 197 Å². The van der Waals surface area contributed by atoms with E-state index < -0.39 is 11.8 Å². The summed E-state index contributed by atoms with van der Waals surface area (Å²) in [5.74, 6) is -0.655. The third-order valence-electron chi connectivity index (χ3n) is 6.38. The van der Waals surface area contributed by atoms with Crippen molar-refractivity contribution in [3.05, 3.63) is 83.3 Å². The zero-order valence-electron chi connectivity index (χ0n) is 18.9. The van der Waals surface area contributed by atoms with Crippen LogP contribution in [0.5, 0.6) is 0 Å². The molecule has 1 saturated heterocycles. The number of piperidine rings is 1. The molecule has 2 aliphatic heterocycles. The predicted octanol–water partition coefficient (Wildman–Crippen LogP) is 3.83. The van der Waals surface area contributed by atoms with Crippen molar-refractivity contribution in [2.75, 3.05) is 30.8 Å². The van der Waals surface area contributed by atoms with E-state index in [1.807, 2.05) is 24.3 Å². The van der Waals surface area contributed by atoms with E-state index in [1.165, 1.54) is 18.4 Å². The maximum absolute atomic E-state index is 13.1. The lowest BCUT2D eigenvalue weighted by molar-refractivity contribution is 0.0631. The molecule has 8 nitrogen and oxygen atoms in total. The molecule has 2 aliphatic rings. The summed E-state index contributed by atoms with van der Waals surface area (Å²) in [7, 11) is 2.12. The Morgan fingerprint density at radius 3 is 2.44 bits per heavy atom. The third kappa shape index (κ3) is 4.32. The minimum absolute atomic E-state index is 0.0525. The van der Waals surface area contributed by atoms with Gasteiger partial charge in [-0.3, -0.25) is 19.3 Å². The van der Waals surface area contributed by atoms with Crippen LogP contribution < -0.4 is 10.6 Å². The van der Waals surface area contributed by atoms with Gasteiger partial charge in [0.15, 0.2) is 0 Å². The Morgan fingerprint density at radius 1 is 0.971 bits per heavy atom. The van der Waals surface area contributed by atoms with Crippen molar-refractivity contribution in [1.29, 1.82) is 0 Å². The average molecular weight is 459 g/mol. The van der Waals surface area contributed by atoms with Gasteiger partial charge >= 0.3 is 0 Å². The molecule has 0 spiro atoms. The van der Waals surface area contributed by atoms with E-state index in [2.05, 4.69) is 22.6 Å². The topological polar surface area (TPSA) is 94.9 Å². The van der Waals surface area contributed by atoms with E-state index in [-0.39, 0.29) is 23.6 Å². The summed E-state index contributed by atoms with van der Waals surface area (Å²) in [5, 5.41) is 6.51. The first-order valence-electron chi connectivity index (χ1n) is 11.4. The molecule has 0 saturated carbocycles. The third-order valence-corrected chi connectivity index (χ3v) is 6.38. The summed E-state index contributed by atoms with van der Waals surface area (Å²) in [6.07, 6.45) is 3.57. The number of furan rings is 1. The monoisotopic (exact) mass is 458 g/mol. The van der Waals surface area contributed by atoms with Crippen molar-refractivity contribution in [1.82, 2.24) is 9.80 Å². The first kappa shape index (κ1) is 21.9. The number of anilines is 2. The maximum Gasteiger partial charge on any atom is 0.261 e.